The minimum atomic E-state index is -0.282. The molecule has 0 radical (unpaired) electrons. The van der Waals surface area contributed by atoms with Crippen molar-refractivity contribution in [2.75, 3.05) is 18.4 Å². The standard InChI is InChI=1S/C13H18N4O2/c1-3-17(4-2)9-10-5-6-11(19-10)13(18)15-12-7-8-14-16-12/h5-8H,3-4,9H2,1-2H3,(H2,14,15,16,18). The van der Waals surface area contributed by atoms with Crippen molar-refractivity contribution in [3.63, 3.8) is 0 Å². The van der Waals surface area contributed by atoms with Crippen LogP contribution >= 0.6 is 0 Å². The number of carbonyl (C=O) groups is 1. The number of nitrogens with zero attached hydrogens (tertiary/aromatic N) is 2. The lowest BCUT2D eigenvalue weighted by Crippen LogP contribution is -2.21. The molecule has 19 heavy (non-hydrogen) atoms. The van der Waals surface area contributed by atoms with E-state index in [1.54, 1.807) is 18.3 Å². The number of hydrogen-bond donors (Lipinski definition) is 2. The molecule has 0 saturated heterocycles. The maximum atomic E-state index is 11.9. The van der Waals surface area contributed by atoms with Gasteiger partial charge in [-0.05, 0) is 25.2 Å². The first kappa shape index (κ1) is 13.4. The molecule has 0 saturated carbocycles. The van der Waals surface area contributed by atoms with Crippen LogP contribution in [0.1, 0.15) is 30.2 Å². The number of rotatable bonds is 6. The Morgan fingerprint density at radius 3 is 2.79 bits per heavy atom. The van der Waals surface area contributed by atoms with Gasteiger partial charge in [-0.25, -0.2) is 0 Å². The summed E-state index contributed by atoms with van der Waals surface area (Å²) < 4.78 is 5.54. The van der Waals surface area contributed by atoms with Gasteiger partial charge >= 0.3 is 0 Å². The molecule has 2 aromatic rings. The number of amides is 1. The van der Waals surface area contributed by atoms with Crippen LogP contribution in [-0.2, 0) is 6.54 Å². The van der Waals surface area contributed by atoms with Crippen LogP contribution in [0.4, 0.5) is 5.82 Å². The van der Waals surface area contributed by atoms with Crippen LogP contribution < -0.4 is 5.32 Å². The van der Waals surface area contributed by atoms with Crippen LogP contribution in [0.5, 0.6) is 0 Å². The summed E-state index contributed by atoms with van der Waals surface area (Å²) in [6.07, 6.45) is 1.57. The molecule has 102 valence electrons. The van der Waals surface area contributed by atoms with Crippen molar-refractivity contribution in [1.82, 2.24) is 15.1 Å². The molecule has 0 aliphatic carbocycles. The van der Waals surface area contributed by atoms with Crippen molar-refractivity contribution in [1.29, 1.82) is 0 Å². The first-order valence-corrected chi connectivity index (χ1v) is 6.34. The molecule has 1 amide bonds. The Bertz CT molecular complexity index is 514. The Balaban J connectivity index is 1.98. The number of hydrogen-bond acceptors (Lipinski definition) is 4. The number of aromatic amines is 1. The smallest absolute Gasteiger partial charge is 0.292 e. The van der Waals surface area contributed by atoms with Gasteiger partial charge in [-0.3, -0.25) is 14.8 Å². The molecule has 0 fully saturated rings. The van der Waals surface area contributed by atoms with E-state index in [0.717, 1.165) is 18.8 Å². The van der Waals surface area contributed by atoms with Crippen LogP contribution in [0.15, 0.2) is 28.8 Å². The highest BCUT2D eigenvalue weighted by Crippen LogP contribution is 2.12. The first-order valence-electron chi connectivity index (χ1n) is 6.34. The molecule has 2 N–H and O–H groups in total. The van der Waals surface area contributed by atoms with Crippen LogP contribution in [0.2, 0.25) is 0 Å². The third-order valence-electron chi connectivity index (χ3n) is 2.91. The molecule has 0 spiro atoms. The van der Waals surface area contributed by atoms with Crippen molar-refractivity contribution in [3.8, 4) is 0 Å². The molecule has 6 heteroatoms. The minimum absolute atomic E-state index is 0.282. The summed E-state index contributed by atoms with van der Waals surface area (Å²) in [4.78, 5) is 14.1. The quantitative estimate of drug-likeness (QED) is 0.836. The number of furan rings is 1. The van der Waals surface area contributed by atoms with Crippen molar-refractivity contribution in [2.45, 2.75) is 20.4 Å². The zero-order chi connectivity index (χ0) is 13.7. The second-order valence-electron chi connectivity index (χ2n) is 4.15. The van der Waals surface area contributed by atoms with Gasteiger partial charge < -0.3 is 9.73 Å². The predicted molar refractivity (Wildman–Crippen MR) is 71.9 cm³/mol. The van der Waals surface area contributed by atoms with Gasteiger partial charge in [0.2, 0.25) is 0 Å². The van der Waals surface area contributed by atoms with E-state index >= 15 is 0 Å². The lowest BCUT2D eigenvalue weighted by atomic mass is 10.3. The molecule has 2 heterocycles. The summed E-state index contributed by atoms with van der Waals surface area (Å²) >= 11 is 0. The topological polar surface area (TPSA) is 74.2 Å². The maximum absolute atomic E-state index is 11.9. The van der Waals surface area contributed by atoms with Crippen molar-refractivity contribution in [3.05, 3.63) is 35.9 Å². The molecule has 0 aliphatic heterocycles. The summed E-state index contributed by atoms with van der Waals surface area (Å²) in [5.74, 6) is 1.36. The van der Waals surface area contributed by atoms with Crippen molar-refractivity contribution >= 4 is 11.7 Å². The SMILES string of the molecule is CCN(CC)Cc1ccc(C(=O)Nc2ccn[nH]2)o1. The van der Waals surface area contributed by atoms with E-state index in [4.69, 9.17) is 4.42 Å². The van der Waals surface area contributed by atoms with Crippen LogP contribution in [0, 0.1) is 0 Å². The van der Waals surface area contributed by atoms with E-state index < -0.39 is 0 Å². The lowest BCUT2D eigenvalue weighted by Gasteiger charge is -2.15. The number of carbonyl (C=O) groups excluding carboxylic acids is 1. The van der Waals surface area contributed by atoms with E-state index in [1.165, 1.54) is 0 Å². The van der Waals surface area contributed by atoms with Crippen molar-refractivity contribution < 1.29 is 9.21 Å². The fourth-order valence-electron chi connectivity index (χ4n) is 1.76. The van der Waals surface area contributed by atoms with Gasteiger partial charge in [0.1, 0.15) is 11.6 Å². The Morgan fingerprint density at radius 1 is 1.37 bits per heavy atom. The Kier molecular flexibility index (Phi) is 4.35. The zero-order valence-electron chi connectivity index (χ0n) is 11.1. The molecule has 0 aromatic carbocycles. The maximum Gasteiger partial charge on any atom is 0.292 e. The number of nitrogens with one attached hydrogen (secondary N) is 2. The monoisotopic (exact) mass is 262 g/mol. The van der Waals surface area contributed by atoms with E-state index in [0.29, 0.717) is 18.1 Å². The average molecular weight is 262 g/mol. The molecule has 0 atom stereocenters. The van der Waals surface area contributed by atoms with E-state index in [9.17, 15) is 4.79 Å². The fourth-order valence-corrected chi connectivity index (χ4v) is 1.76. The van der Waals surface area contributed by atoms with Gasteiger partial charge in [-0.15, -0.1) is 0 Å². The van der Waals surface area contributed by atoms with Gasteiger partial charge in [0.15, 0.2) is 5.76 Å². The summed E-state index contributed by atoms with van der Waals surface area (Å²) in [7, 11) is 0. The molecule has 0 aliphatic rings. The van der Waals surface area contributed by atoms with E-state index in [2.05, 4.69) is 34.3 Å². The molecule has 6 nitrogen and oxygen atoms in total. The van der Waals surface area contributed by atoms with Gasteiger partial charge in [0.25, 0.3) is 5.91 Å². The number of aromatic nitrogens is 2. The van der Waals surface area contributed by atoms with Crippen molar-refractivity contribution in [2.24, 2.45) is 0 Å². The van der Waals surface area contributed by atoms with Crippen LogP contribution in [-0.4, -0.2) is 34.1 Å². The summed E-state index contributed by atoms with van der Waals surface area (Å²) in [6.45, 7) is 6.81. The van der Waals surface area contributed by atoms with Gasteiger partial charge in [-0.1, -0.05) is 13.8 Å². The number of H-pyrrole nitrogens is 1. The molecule has 2 aromatic heterocycles. The molecule has 0 bridgehead atoms. The Labute approximate surface area is 111 Å². The molecule has 2 rings (SSSR count). The second-order valence-corrected chi connectivity index (χ2v) is 4.15. The third-order valence-corrected chi connectivity index (χ3v) is 2.91. The van der Waals surface area contributed by atoms with Gasteiger partial charge in [0.05, 0.1) is 12.7 Å². The van der Waals surface area contributed by atoms with Gasteiger partial charge in [-0.2, -0.15) is 5.10 Å². The zero-order valence-corrected chi connectivity index (χ0v) is 11.1. The normalized spacial score (nSPS) is 10.9. The third kappa shape index (κ3) is 3.45. The molecular weight excluding hydrogens is 244 g/mol. The summed E-state index contributed by atoms with van der Waals surface area (Å²) in [6, 6.07) is 5.20. The lowest BCUT2D eigenvalue weighted by molar-refractivity contribution is 0.0992. The fraction of sp³-hybridized carbons (Fsp3) is 0.385. The summed E-state index contributed by atoms with van der Waals surface area (Å²) in [5, 5.41) is 9.09. The highest BCUT2D eigenvalue weighted by atomic mass is 16.4. The second kappa shape index (κ2) is 6.19. The van der Waals surface area contributed by atoms with E-state index in [-0.39, 0.29) is 5.91 Å². The largest absolute Gasteiger partial charge is 0.455 e. The van der Waals surface area contributed by atoms with E-state index in [1.807, 2.05) is 6.07 Å². The van der Waals surface area contributed by atoms with Crippen LogP contribution in [0.25, 0.3) is 0 Å². The predicted octanol–water partition coefficient (Wildman–Crippen LogP) is 2.10. The average Bonchev–Trinajstić information content (AvgIpc) is 3.07. The Hall–Kier alpha value is -2.08. The summed E-state index contributed by atoms with van der Waals surface area (Å²) in [5.41, 5.74) is 0. The molecule has 0 unspecified atom stereocenters. The first-order chi connectivity index (χ1) is 9.22. The number of anilines is 1. The molecular formula is C13H18N4O2. The van der Waals surface area contributed by atoms with Crippen LogP contribution in [0.3, 0.4) is 0 Å². The minimum Gasteiger partial charge on any atom is -0.455 e. The Morgan fingerprint density at radius 2 is 2.16 bits per heavy atom. The highest BCUT2D eigenvalue weighted by Gasteiger charge is 2.13. The highest BCUT2D eigenvalue weighted by molar-refractivity contribution is 6.01. The van der Waals surface area contributed by atoms with Gasteiger partial charge in [0, 0.05) is 6.07 Å².